The standard InChI is InChI=1S/C61H84N10O9S/c1-36(2)29-45-54(73)65-47(33-42-34-63-44-24-17-16-23-43(42)44)55(74)67-48(30-37(3)4)60(79)70(9)50(32-41-21-14-11-15-22-41)57(76)62-26-28-81-35-51(72)64-46(31-40-19-12-10-13-20-40)56(75)69-53(39(7)8)61(80)71-27-18-25-49(71)58(77)68-52(38(5)6)59(78)66-45/h10-17,19-24,34,36-39,45-50,52-53,63H,18,25-33,35H2,1-9H3,(H,62,76)(H,64,72)(H,65,73)(H,66,78)(H,67,74)(H,68,77)(H,69,75)/t45-,46-,47-,48-,49-,50-,52-,53-/m0/s1. The van der Waals surface area contributed by atoms with Gasteiger partial charge in [-0.2, -0.15) is 11.8 Å². The van der Waals surface area contributed by atoms with Crippen LogP contribution in [0.2, 0.25) is 0 Å². The zero-order valence-corrected chi connectivity index (χ0v) is 49.2. The number of hydrogen-bond acceptors (Lipinski definition) is 10. The van der Waals surface area contributed by atoms with E-state index >= 15 is 0 Å². The fourth-order valence-electron chi connectivity index (χ4n) is 10.4. The fraction of sp³-hybridized carbons (Fsp3) is 0.525. The number of H-pyrrole nitrogens is 1. The number of carbonyl (C=O) groups excluding carboxylic acids is 9. The number of thioether (sulfide) groups is 1. The molecule has 2 saturated heterocycles. The Labute approximate surface area is 480 Å². The van der Waals surface area contributed by atoms with Crippen LogP contribution in [0.25, 0.3) is 10.9 Å². The van der Waals surface area contributed by atoms with Gasteiger partial charge in [-0.05, 0) is 72.1 Å². The zero-order valence-electron chi connectivity index (χ0n) is 48.3. The Morgan fingerprint density at radius 3 is 1.73 bits per heavy atom. The van der Waals surface area contributed by atoms with Gasteiger partial charge in [0, 0.05) is 62.3 Å². The Kier molecular flexibility index (Phi) is 23.3. The average Bonchev–Trinajstić information content (AvgIpc) is 4.11. The molecule has 9 amide bonds. The highest BCUT2D eigenvalue weighted by molar-refractivity contribution is 7.99. The lowest BCUT2D eigenvalue weighted by molar-refractivity contribution is -0.143. The molecule has 2 fully saturated rings. The summed E-state index contributed by atoms with van der Waals surface area (Å²) in [5.74, 6) is -5.96. The number of nitrogens with one attached hydrogen (secondary N) is 8. The van der Waals surface area contributed by atoms with Crippen molar-refractivity contribution in [3.05, 3.63) is 108 Å². The monoisotopic (exact) mass is 1130 g/mol. The van der Waals surface area contributed by atoms with Crippen LogP contribution in [-0.2, 0) is 62.4 Å². The Bertz CT molecular complexity index is 2810. The van der Waals surface area contributed by atoms with Gasteiger partial charge in [-0.3, -0.25) is 43.2 Å². The highest BCUT2D eigenvalue weighted by atomic mass is 32.2. The number of rotatable bonds is 12. The molecule has 0 radical (unpaired) electrons. The number of aromatic nitrogens is 1. The molecule has 2 aliphatic heterocycles. The molecule has 0 aliphatic carbocycles. The summed E-state index contributed by atoms with van der Waals surface area (Å²) in [7, 11) is 1.53. The van der Waals surface area contributed by atoms with E-state index in [0.29, 0.717) is 24.2 Å². The molecule has 0 saturated carbocycles. The van der Waals surface area contributed by atoms with Crippen molar-refractivity contribution in [3.63, 3.8) is 0 Å². The van der Waals surface area contributed by atoms with Crippen LogP contribution in [0.3, 0.4) is 0 Å². The van der Waals surface area contributed by atoms with Crippen molar-refractivity contribution < 1.29 is 43.2 Å². The van der Waals surface area contributed by atoms with E-state index in [0.717, 1.165) is 22.0 Å². The van der Waals surface area contributed by atoms with Gasteiger partial charge in [0.15, 0.2) is 0 Å². The number of nitrogens with zero attached hydrogens (tertiary/aromatic N) is 2. The maximum absolute atomic E-state index is 14.9. The van der Waals surface area contributed by atoms with Gasteiger partial charge in [0.05, 0.1) is 5.75 Å². The predicted molar refractivity (Wildman–Crippen MR) is 314 cm³/mol. The predicted octanol–water partition coefficient (Wildman–Crippen LogP) is 4.19. The lowest BCUT2D eigenvalue weighted by Crippen LogP contribution is -2.61. The molecule has 0 bridgehead atoms. The largest absolute Gasteiger partial charge is 0.361 e. The molecule has 3 heterocycles. The molecule has 3 aromatic carbocycles. The molecule has 2 aliphatic rings. The first-order chi connectivity index (χ1) is 38.6. The quantitative estimate of drug-likeness (QED) is 0.100. The van der Waals surface area contributed by atoms with Crippen LogP contribution in [0, 0.1) is 23.7 Å². The van der Waals surface area contributed by atoms with Gasteiger partial charge < -0.3 is 52.0 Å². The number of amides is 9. The van der Waals surface area contributed by atoms with E-state index in [1.807, 2.05) is 113 Å². The van der Waals surface area contributed by atoms with E-state index in [1.165, 1.54) is 28.6 Å². The van der Waals surface area contributed by atoms with Crippen LogP contribution in [0.5, 0.6) is 0 Å². The van der Waals surface area contributed by atoms with Crippen molar-refractivity contribution >= 4 is 75.8 Å². The lowest BCUT2D eigenvalue weighted by Gasteiger charge is -2.33. The maximum atomic E-state index is 14.9. The third-order valence-electron chi connectivity index (χ3n) is 14.8. The first kappa shape index (κ1) is 63.0. The van der Waals surface area contributed by atoms with Crippen LogP contribution in [0.15, 0.2) is 91.1 Å². The third-order valence-corrected chi connectivity index (χ3v) is 15.8. The number of likely N-dealkylation sites (N-methyl/N-ethyl adjacent to an activating group) is 1. The van der Waals surface area contributed by atoms with Gasteiger partial charge in [0.25, 0.3) is 0 Å². The summed E-state index contributed by atoms with van der Waals surface area (Å²) in [5, 5.41) is 21.2. The number of fused-ring (bicyclic) bond motifs is 2. The van der Waals surface area contributed by atoms with Crippen molar-refractivity contribution in [3.8, 4) is 0 Å². The van der Waals surface area contributed by atoms with Crippen LogP contribution >= 0.6 is 11.8 Å². The number of carbonyl (C=O) groups is 9. The molecule has 1 aromatic heterocycles. The summed E-state index contributed by atoms with van der Waals surface area (Å²) in [6.07, 6.45) is 3.15. The first-order valence-electron chi connectivity index (χ1n) is 28.5. The molecule has 438 valence electrons. The minimum atomic E-state index is -1.26. The van der Waals surface area contributed by atoms with E-state index in [2.05, 4.69) is 42.2 Å². The van der Waals surface area contributed by atoms with Crippen molar-refractivity contribution in [1.29, 1.82) is 0 Å². The second-order valence-corrected chi connectivity index (χ2v) is 24.1. The van der Waals surface area contributed by atoms with Crippen molar-refractivity contribution in [2.75, 3.05) is 31.6 Å². The smallest absolute Gasteiger partial charge is 0.246 e. The van der Waals surface area contributed by atoms with Gasteiger partial charge in [-0.1, -0.05) is 134 Å². The Morgan fingerprint density at radius 2 is 1.09 bits per heavy atom. The average molecular weight is 1130 g/mol. The number of aromatic amines is 1. The normalized spacial score (nSPS) is 24.3. The molecule has 0 unspecified atom stereocenters. The summed E-state index contributed by atoms with van der Waals surface area (Å²) >= 11 is 1.24. The SMILES string of the molecule is CC(C)C[C@@H]1NC(=O)[C@H](C(C)C)NC(=O)[C@@H]2CCCN2C(=O)[C@H](C(C)C)NC(=O)[C@H](Cc2ccccc2)NC(=O)CSCCNC(=O)[C@H](Cc2ccccc2)N(C)C(=O)[C@H](CC(C)C)NC(=O)[C@H](Cc2c[nH]c3ccccc23)NC1=O. The summed E-state index contributed by atoms with van der Waals surface area (Å²) in [6, 6.07) is 17.0. The van der Waals surface area contributed by atoms with Crippen molar-refractivity contribution in [2.24, 2.45) is 23.7 Å². The van der Waals surface area contributed by atoms with Gasteiger partial charge in [-0.25, -0.2) is 0 Å². The number of para-hydroxylation sites is 1. The van der Waals surface area contributed by atoms with Crippen LogP contribution < -0.4 is 37.2 Å². The van der Waals surface area contributed by atoms with Crippen LogP contribution in [0.4, 0.5) is 0 Å². The second kappa shape index (κ2) is 30.0. The van der Waals surface area contributed by atoms with Gasteiger partial charge in [0.1, 0.15) is 48.3 Å². The molecule has 8 atom stereocenters. The van der Waals surface area contributed by atoms with E-state index in [9.17, 15) is 43.2 Å². The van der Waals surface area contributed by atoms with Crippen LogP contribution in [-0.4, -0.2) is 148 Å². The van der Waals surface area contributed by atoms with Crippen molar-refractivity contribution in [2.45, 2.75) is 149 Å². The van der Waals surface area contributed by atoms with Crippen molar-refractivity contribution in [1.82, 2.24) is 52.0 Å². The van der Waals surface area contributed by atoms with Gasteiger partial charge in [0.2, 0.25) is 53.2 Å². The van der Waals surface area contributed by atoms with Gasteiger partial charge in [-0.15, -0.1) is 0 Å². The minimum Gasteiger partial charge on any atom is -0.361 e. The van der Waals surface area contributed by atoms with Crippen LogP contribution in [0.1, 0.15) is 97.8 Å². The topological polar surface area (TPSA) is 260 Å². The zero-order chi connectivity index (χ0) is 58.9. The van der Waals surface area contributed by atoms with Gasteiger partial charge >= 0.3 is 0 Å². The van der Waals surface area contributed by atoms with E-state index in [4.69, 9.17) is 0 Å². The summed E-state index contributed by atoms with van der Waals surface area (Å²) in [5.41, 5.74) is 3.08. The molecular weight excluding hydrogens is 1050 g/mol. The molecule has 19 nitrogen and oxygen atoms in total. The molecule has 6 rings (SSSR count). The first-order valence-corrected chi connectivity index (χ1v) is 29.6. The Hall–Kier alpha value is -7.22. The molecular formula is C61H84N10O9S. The molecule has 20 heteroatoms. The molecule has 81 heavy (non-hydrogen) atoms. The molecule has 4 aromatic rings. The van der Waals surface area contributed by atoms with E-state index in [-0.39, 0.29) is 62.8 Å². The fourth-order valence-corrected chi connectivity index (χ4v) is 11.1. The van der Waals surface area contributed by atoms with E-state index in [1.54, 1.807) is 33.9 Å². The maximum Gasteiger partial charge on any atom is 0.246 e. The highest BCUT2D eigenvalue weighted by Crippen LogP contribution is 2.24. The highest BCUT2D eigenvalue weighted by Gasteiger charge is 2.42. The summed E-state index contributed by atoms with van der Waals surface area (Å²) in [6.45, 7) is 15.0. The summed E-state index contributed by atoms with van der Waals surface area (Å²) in [4.78, 5) is 136. The molecule has 8 N–H and O–H groups in total. The lowest BCUT2D eigenvalue weighted by atomic mass is 9.97. The number of benzene rings is 3. The third kappa shape index (κ3) is 17.9. The number of hydrogen-bond donors (Lipinski definition) is 8. The molecule has 0 spiro atoms. The summed E-state index contributed by atoms with van der Waals surface area (Å²) < 4.78 is 0. The Balaban J connectivity index is 1.36. The van der Waals surface area contributed by atoms with E-state index < -0.39 is 113 Å². The Morgan fingerprint density at radius 1 is 0.543 bits per heavy atom. The minimum absolute atomic E-state index is 0.00201. The second-order valence-electron chi connectivity index (χ2n) is 23.0.